The van der Waals surface area contributed by atoms with Crippen LogP contribution in [0, 0.1) is 26.1 Å². The molecule has 0 unspecified atom stereocenters. The normalized spacial score (nSPS) is 13.8. The average molecular weight is 459 g/mol. The SMILES string of the molecule is CCOC(=O)C1CCN(c2ncnc(NNC(=O)c3ccccc3[N+](=O)[O-])c2[N+](=O)[O-])CC1. The minimum Gasteiger partial charge on any atom is -0.466 e. The third-order valence-electron chi connectivity index (χ3n) is 5.04. The Bertz CT molecular complexity index is 1070. The second kappa shape index (κ2) is 10.3. The van der Waals surface area contributed by atoms with Gasteiger partial charge in [0.2, 0.25) is 11.6 Å². The predicted octanol–water partition coefficient (Wildman–Crippen LogP) is 1.83. The molecule has 1 aliphatic heterocycles. The van der Waals surface area contributed by atoms with E-state index in [9.17, 15) is 29.8 Å². The number of piperidine rings is 1. The number of rotatable bonds is 8. The first-order valence-electron chi connectivity index (χ1n) is 10.0. The Labute approximate surface area is 187 Å². The average Bonchev–Trinajstić information content (AvgIpc) is 2.82. The maximum atomic E-state index is 12.4. The van der Waals surface area contributed by atoms with Crippen LogP contribution < -0.4 is 15.8 Å². The van der Waals surface area contributed by atoms with Gasteiger partial charge in [-0.05, 0) is 25.8 Å². The lowest BCUT2D eigenvalue weighted by Crippen LogP contribution is -2.38. The Morgan fingerprint density at radius 3 is 2.48 bits per heavy atom. The van der Waals surface area contributed by atoms with Crippen LogP contribution >= 0.6 is 0 Å². The third kappa shape index (κ3) is 5.28. The number of nitro groups is 2. The summed E-state index contributed by atoms with van der Waals surface area (Å²) in [6.45, 7) is 2.68. The molecule has 1 aromatic carbocycles. The van der Waals surface area contributed by atoms with E-state index in [0.717, 1.165) is 6.33 Å². The van der Waals surface area contributed by atoms with E-state index < -0.39 is 27.1 Å². The second-order valence-electron chi connectivity index (χ2n) is 7.02. The van der Waals surface area contributed by atoms with Crippen LogP contribution in [-0.4, -0.2) is 51.4 Å². The van der Waals surface area contributed by atoms with Gasteiger partial charge >= 0.3 is 11.7 Å². The highest BCUT2D eigenvalue weighted by Crippen LogP contribution is 2.34. The molecule has 1 aliphatic rings. The zero-order valence-electron chi connectivity index (χ0n) is 17.6. The van der Waals surface area contributed by atoms with Crippen LogP contribution in [0.25, 0.3) is 0 Å². The summed E-state index contributed by atoms with van der Waals surface area (Å²) in [6, 6.07) is 5.28. The first-order valence-corrected chi connectivity index (χ1v) is 10.0. The minimum atomic E-state index is -0.869. The molecule has 174 valence electrons. The van der Waals surface area contributed by atoms with E-state index in [1.165, 1.54) is 24.3 Å². The molecule has 2 heterocycles. The number of anilines is 2. The fourth-order valence-electron chi connectivity index (χ4n) is 3.46. The van der Waals surface area contributed by atoms with Crippen LogP contribution in [0.2, 0.25) is 0 Å². The molecule has 1 fully saturated rings. The Hall–Kier alpha value is -4.36. The molecular formula is C19H21N7O7. The molecule has 33 heavy (non-hydrogen) atoms. The predicted molar refractivity (Wildman–Crippen MR) is 114 cm³/mol. The summed E-state index contributed by atoms with van der Waals surface area (Å²) in [7, 11) is 0. The van der Waals surface area contributed by atoms with Crippen LogP contribution in [-0.2, 0) is 9.53 Å². The summed E-state index contributed by atoms with van der Waals surface area (Å²) in [4.78, 5) is 55.4. The Balaban J connectivity index is 1.77. The molecule has 0 spiro atoms. The van der Waals surface area contributed by atoms with Gasteiger partial charge in [0.1, 0.15) is 11.9 Å². The molecule has 14 heteroatoms. The van der Waals surface area contributed by atoms with Crippen molar-refractivity contribution in [3.05, 3.63) is 56.4 Å². The van der Waals surface area contributed by atoms with Crippen LogP contribution in [0.4, 0.5) is 23.0 Å². The van der Waals surface area contributed by atoms with Gasteiger partial charge in [-0.15, -0.1) is 0 Å². The first kappa shape index (κ1) is 23.3. The summed E-state index contributed by atoms with van der Waals surface area (Å²) < 4.78 is 5.03. The number of hydrogen-bond donors (Lipinski definition) is 2. The van der Waals surface area contributed by atoms with Crippen molar-refractivity contribution in [1.29, 1.82) is 0 Å². The van der Waals surface area contributed by atoms with Crippen molar-refractivity contribution in [3.8, 4) is 0 Å². The van der Waals surface area contributed by atoms with Crippen LogP contribution in [0.1, 0.15) is 30.1 Å². The van der Waals surface area contributed by atoms with Gasteiger partial charge in [-0.2, -0.15) is 0 Å². The number of para-hydroxylation sites is 1. The maximum Gasteiger partial charge on any atom is 0.355 e. The molecule has 2 N–H and O–H groups in total. The van der Waals surface area contributed by atoms with Gasteiger partial charge in [-0.3, -0.25) is 40.7 Å². The number of nitro benzene ring substituents is 1. The molecule has 1 aromatic heterocycles. The lowest BCUT2D eigenvalue weighted by molar-refractivity contribution is -0.385. The highest BCUT2D eigenvalue weighted by atomic mass is 16.6. The van der Waals surface area contributed by atoms with Crippen molar-refractivity contribution < 1.29 is 24.2 Å². The lowest BCUT2D eigenvalue weighted by Gasteiger charge is -2.31. The van der Waals surface area contributed by atoms with E-state index in [0.29, 0.717) is 25.9 Å². The van der Waals surface area contributed by atoms with E-state index >= 15 is 0 Å². The molecule has 0 aliphatic carbocycles. The summed E-state index contributed by atoms with van der Waals surface area (Å²) >= 11 is 0. The smallest absolute Gasteiger partial charge is 0.355 e. The molecule has 1 saturated heterocycles. The molecule has 3 rings (SSSR count). The molecule has 0 atom stereocenters. The number of esters is 1. The number of nitrogens with one attached hydrogen (secondary N) is 2. The van der Waals surface area contributed by atoms with Crippen molar-refractivity contribution in [2.24, 2.45) is 5.92 Å². The Kier molecular flexibility index (Phi) is 7.27. The molecular weight excluding hydrogens is 438 g/mol. The van der Waals surface area contributed by atoms with Crippen molar-refractivity contribution >= 4 is 34.9 Å². The van der Waals surface area contributed by atoms with Crippen LogP contribution in [0.5, 0.6) is 0 Å². The van der Waals surface area contributed by atoms with Gasteiger partial charge < -0.3 is 9.64 Å². The zero-order chi connectivity index (χ0) is 24.0. The molecule has 14 nitrogen and oxygen atoms in total. The number of aromatic nitrogens is 2. The quantitative estimate of drug-likeness (QED) is 0.333. The highest BCUT2D eigenvalue weighted by Gasteiger charge is 2.32. The van der Waals surface area contributed by atoms with Crippen LogP contribution in [0.3, 0.4) is 0 Å². The van der Waals surface area contributed by atoms with E-state index in [4.69, 9.17) is 4.74 Å². The number of hydrazine groups is 1. The summed E-state index contributed by atoms with van der Waals surface area (Å²) in [6.07, 6.45) is 1.98. The van der Waals surface area contributed by atoms with E-state index in [1.54, 1.807) is 11.8 Å². The van der Waals surface area contributed by atoms with Crippen LogP contribution in [0.15, 0.2) is 30.6 Å². The van der Waals surface area contributed by atoms with Gasteiger partial charge in [-0.25, -0.2) is 9.97 Å². The topological polar surface area (TPSA) is 183 Å². The summed E-state index contributed by atoms with van der Waals surface area (Å²) in [5.74, 6) is -1.72. The maximum absolute atomic E-state index is 12.4. The van der Waals surface area contributed by atoms with Gasteiger partial charge in [0.05, 0.1) is 22.4 Å². The molecule has 0 bridgehead atoms. The van der Waals surface area contributed by atoms with E-state index in [2.05, 4.69) is 20.8 Å². The summed E-state index contributed by atoms with van der Waals surface area (Å²) in [5, 5.41) is 22.9. The number of hydrogen-bond acceptors (Lipinski definition) is 11. The van der Waals surface area contributed by atoms with E-state index in [1.807, 2.05) is 0 Å². The molecule has 0 saturated carbocycles. The highest BCUT2D eigenvalue weighted by molar-refractivity contribution is 5.98. The van der Waals surface area contributed by atoms with Crippen molar-refractivity contribution in [1.82, 2.24) is 15.4 Å². The molecule has 0 radical (unpaired) electrons. The second-order valence-corrected chi connectivity index (χ2v) is 7.02. The van der Waals surface area contributed by atoms with Crippen molar-refractivity contribution in [2.45, 2.75) is 19.8 Å². The Morgan fingerprint density at radius 1 is 1.15 bits per heavy atom. The van der Waals surface area contributed by atoms with Crippen molar-refractivity contribution in [2.75, 3.05) is 30.0 Å². The van der Waals surface area contributed by atoms with Gasteiger partial charge in [0, 0.05) is 19.2 Å². The fourth-order valence-corrected chi connectivity index (χ4v) is 3.46. The number of nitrogens with zero attached hydrogens (tertiary/aromatic N) is 5. The summed E-state index contributed by atoms with van der Waals surface area (Å²) in [5.41, 5.74) is 3.45. The molecule has 1 amide bonds. The fraction of sp³-hybridized carbons (Fsp3) is 0.368. The number of amides is 1. The van der Waals surface area contributed by atoms with E-state index in [-0.39, 0.29) is 35.7 Å². The van der Waals surface area contributed by atoms with Gasteiger partial charge in [0.15, 0.2) is 0 Å². The number of ether oxygens (including phenoxy) is 1. The zero-order valence-corrected chi connectivity index (χ0v) is 17.6. The number of carbonyl (C=O) groups excluding carboxylic acids is 2. The lowest BCUT2D eigenvalue weighted by atomic mass is 9.97. The number of benzene rings is 1. The monoisotopic (exact) mass is 459 g/mol. The first-order chi connectivity index (χ1) is 15.8. The standard InChI is InChI=1S/C19H21N7O7/c1-2-33-19(28)12-7-9-24(10-8-12)17-15(26(31)32)16(20-11-21-17)22-23-18(27)13-5-3-4-6-14(13)25(29)30/h3-6,11-12H,2,7-10H2,1H3,(H,23,27)(H,20,21,22). The third-order valence-corrected chi connectivity index (χ3v) is 5.04. The minimum absolute atomic E-state index is 0.0275. The Morgan fingerprint density at radius 2 is 1.85 bits per heavy atom. The van der Waals surface area contributed by atoms with Gasteiger partial charge in [0.25, 0.3) is 11.6 Å². The van der Waals surface area contributed by atoms with Crippen molar-refractivity contribution in [3.63, 3.8) is 0 Å². The number of carbonyl (C=O) groups is 2. The van der Waals surface area contributed by atoms with Gasteiger partial charge in [-0.1, -0.05) is 12.1 Å². The molecule has 2 aromatic rings. The largest absolute Gasteiger partial charge is 0.466 e.